The second kappa shape index (κ2) is 8.01. The van der Waals surface area contributed by atoms with E-state index in [-0.39, 0.29) is 0 Å². The fraction of sp³-hybridized carbons (Fsp3) is 0.562. The number of rotatable bonds is 8. The summed E-state index contributed by atoms with van der Waals surface area (Å²) in [6.45, 7) is 6.38. The van der Waals surface area contributed by atoms with E-state index in [0.717, 1.165) is 12.1 Å². The third kappa shape index (κ3) is 4.04. The van der Waals surface area contributed by atoms with Crippen molar-refractivity contribution in [2.75, 3.05) is 33.9 Å². The van der Waals surface area contributed by atoms with Gasteiger partial charge in [-0.2, -0.15) is 5.26 Å². The van der Waals surface area contributed by atoms with E-state index in [1.54, 1.807) is 7.11 Å². The lowest BCUT2D eigenvalue weighted by atomic mass is 9.90. The van der Waals surface area contributed by atoms with Crippen LogP contribution >= 0.6 is 0 Å². The third-order valence-electron chi connectivity index (χ3n) is 3.64. The summed E-state index contributed by atoms with van der Waals surface area (Å²) in [6.07, 6.45) is 0. The Morgan fingerprint density at radius 1 is 1.35 bits per heavy atom. The molecular weight excluding hydrogens is 250 g/mol. The van der Waals surface area contributed by atoms with Gasteiger partial charge in [0.2, 0.25) is 0 Å². The Morgan fingerprint density at radius 3 is 2.45 bits per heavy atom. The van der Waals surface area contributed by atoms with Crippen LogP contribution in [0.2, 0.25) is 0 Å². The summed E-state index contributed by atoms with van der Waals surface area (Å²) in [5.74, 6) is 0. The summed E-state index contributed by atoms with van der Waals surface area (Å²) in [5, 5.41) is 12.9. The average molecular weight is 275 g/mol. The number of benzene rings is 1. The molecule has 0 amide bonds. The van der Waals surface area contributed by atoms with Crippen LogP contribution in [0.15, 0.2) is 30.3 Å². The molecule has 0 fully saturated rings. The number of ether oxygens (including phenoxy) is 1. The molecule has 1 N–H and O–H groups in total. The van der Waals surface area contributed by atoms with Crippen molar-refractivity contribution in [3.8, 4) is 6.07 Å². The van der Waals surface area contributed by atoms with E-state index in [1.807, 2.05) is 37.4 Å². The molecule has 0 aromatic heterocycles. The molecule has 0 bridgehead atoms. The highest BCUT2D eigenvalue weighted by atomic mass is 16.5. The van der Waals surface area contributed by atoms with Gasteiger partial charge in [-0.25, -0.2) is 0 Å². The van der Waals surface area contributed by atoms with Crippen molar-refractivity contribution in [2.45, 2.75) is 25.4 Å². The van der Waals surface area contributed by atoms with Crippen molar-refractivity contribution in [3.05, 3.63) is 35.9 Å². The maximum absolute atomic E-state index is 9.72. The number of hydrogen-bond acceptors (Lipinski definition) is 4. The Morgan fingerprint density at radius 2 is 2.00 bits per heavy atom. The van der Waals surface area contributed by atoms with Gasteiger partial charge in [0.05, 0.1) is 12.7 Å². The molecule has 1 aromatic carbocycles. The molecule has 0 radical (unpaired) electrons. The first-order valence-corrected chi connectivity index (χ1v) is 6.98. The van der Waals surface area contributed by atoms with Gasteiger partial charge in [0.1, 0.15) is 5.54 Å². The molecule has 1 rings (SSSR count). The van der Waals surface area contributed by atoms with E-state index in [2.05, 4.69) is 30.1 Å². The Balaban J connectivity index is 2.99. The van der Waals surface area contributed by atoms with Gasteiger partial charge in [0, 0.05) is 26.2 Å². The standard InChI is InChI=1S/C16H25N3O/c1-14(2)19(10-11-20-4)13-16(12-17,18-3)15-8-6-5-7-9-15/h5-9,14,18H,10-11,13H2,1-4H3. The molecule has 0 spiro atoms. The number of nitriles is 1. The minimum atomic E-state index is -0.695. The smallest absolute Gasteiger partial charge is 0.144 e. The molecule has 1 unspecified atom stereocenters. The molecule has 0 heterocycles. The summed E-state index contributed by atoms with van der Waals surface area (Å²) >= 11 is 0. The molecule has 0 saturated carbocycles. The van der Waals surface area contributed by atoms with Gasteiger partial charge in [0.15, 0.2) is 0 Å². The summed E-state index contributed by atoms with van der Waals surface area (Å²) in [7, 11) is 3.54. The Kier molecular flexibility index (Phi) is 6.66. The molecule has 110 valence electrons. The second-order valence-corrected chi connectivity index (χ2v) is 5.19. The van der Waals surface area contributed by atoms with E-state index in [1.165, 1.54) is 0 Å². The van der Waals surface area contributed by atoms with Gasteiger partial charge < -0.3 is 4.74 Å². The van der Waals surface area contributed by atoms with Crippen molar-refractivity contribution in [3.63, 3.8) is 0 Å². The summed E-state index contributed by atoms with van der Waals surface area (Å²) in [6, 6.07) is 12.7. The highest BCUT2D eigenvalue weighted by molar-refractivity contribution is 5.32. The van der Waals surface area contributed by atoms with Crippen LogP contribution in [0.4, 0.5) is 0 Å². The second-order valence-electron chi connectivity index (χ2n) is 5.19. The summed E-state index contributed by atoms with van der Waals surface area (Å²) in [5.41, 5.74) is 0.298. The lowest BCUT2D eigenvalue weighted by Crippen LogP contribution is -2.51. The van der Waals surface area contributed by atoms with E-state index < -0.39 is 5.54 Å². The molecule has 4 heteroatoms. The number of likely N-dealkylation sites (N-methyl/N-ethyl adjacent to an activating group) is 1. The quantitative estimate of drug-likeness (QED) is 0.788. The predicted molar refractivity (Wildman–Crippen MR) is 81.4 cm³/mol. The highest BCUT2D eigenvalue weighted by Crippen LogP contribution is 2.22. The van der Waals surface area contributed by atoms with E-state index in [0.29, 0.717) is 19.2 Å². The zero-order valence-electron chi connectivity index (χ0n) is 12.9. The van der Waals surface area contributed by atoms with Crippen molar-refractivity contribution >= 4 is 0 Å². The molecule has 1 aromatic rings. The first-order valence-electron chi connectivity index (χ1n) is 6.98. The van der Waals surface area contributed by atoms with E-state index in [4.69, 9.17) is 4.74 Å². The summed E-state index contributed by atoms with van der Waals surface area (Å²) < 4.78 is 5.16. The molecule has 0 aliphatic rings. The largest absolute Gasteiger partial charge is 0.383 e. The van der Waals surface area contributed by atoms with Crippen LogP contribution in [-0.2, 0) is 10.3 Å². The molecule has 4 nitrogen and oxygen atoms in total. The number of nitrogens with one attached hydrogen (secondary N) is 1. The normalized spacial score (nSPS) is 14.2. The fourth-order valence-corrected chi connectivity index (χ4v) is 2.23. The molecule has 0 aliphatic carbocycles. The van der Waals surface area contributed by atoms with Crippen LogP contribution in [0.25, 0.3) is 0 Å². The minimum absolute atomic E-state index is 0.356. The van der Waals surface area contributed by atoms with Crippen molar-refractivity contribution < 1.29 is 4.74 Å². The van der Waals surface area contributed by atoms with Gasteiger partial charge in [-0.05, 0) is 26.5 Å². The Labute approximate surface area is 122 Å². The van der Waals surface area contributed by atoms with Crippen LogP contribution in [-0.4, -0.2) is 44.8 Å². The molecule has 0 saturated heterocycles. The van der Waals surface area contributed by atoms with Crippen molar-refractivity contribution in [1.29, 1.82) is 5.26 Å². The number of methoxy groups -OCH3 is 1. The number of nitrogens with zero attached hydrogens (tertiary/aromatic N) is 2. The molecule has 1 atom stereocenters. The Bertz CT molecular complexity index is 427. The van der Waals surface area contributed by atoms with E-state index >= 15 is 0 Å². The van der Waals surface area contributed by atoms with E-state index in [9.17, 15) is 5.26 Å². The SMILES string of the molecule is CNC(C#N)(CN(CCOC)C(C)C)c1ccccc1. The van der Waals surface area contributed by atoms with Crippen LogP contribution in [0.1, 0.15) is 19.4 Å². The van der Waals surface area contributed by atoms with Crippen LogP contribution < -0.4 is 5.32 Å². The first-order chi connectivity index (χ1) is 9.59. The van der Waals surface area contributed by atoms with Crippen molar-refractivity contribution in [2.24, 2.45) is 0 Å². The lowest BCUT2D eigenvalue weighted by Gasteiger charge is -2.35. The van der Waals surface area contributed by atoms with Gasteiger partial charge >= 0.3 is 0 Å². The van der Waals surface area contributed by atoms with Crippen molar-refractivity contribution in [1.82, 2.24) is 10.2 Å². The van der Waals surface area contributed by atoms with Crippen LogP contribution in [0.3, 0.4) is 0 Å². The third-order valence-corrected chi connectivity index (χ3v) is 3.64. The first kappa shape index (κ1) is 16.6. The zero-order valence-corrected chi connectivity index (χ0v) is 12.9. The molecule has 20 heavy (non-hydrogen) atoms. The Hall–Kier alpha value is -1.41. The fourth-order valence-electron chi connectivity index (χ4n) is 2.23. The lowest BCUT2D eigenvalue weighted by molar-refractivity contribution is 0.112. The van der Waals surface area contributed by atoms with Crippen LogP contribution in [0, 0.1) is 11.3 Å². The van der Waals surface area contributed by atoms with Gasteiger partial charge in [0.25, 0.3) is 0 Å². The molecule has 0 aliphatic heterocycles. The minimum Gasteiger partial charge on any atom is -0.383 e. The van der Waals surface area contributed by atoms with Crippen LogP contribution in [0.5, 0.6) is 0 Å². The topological polar surface area (TPSA) is 48.3 Å². The van der Waals surface area contributed by atoms with Gasteiger partial charge in [-0.1, -0.05) is 30.3 Å². The predicted octanol–water partition coefficient (Wildman–Crippen LogP) is 1.98. The van der Waals surface area contributed by atoms with Gasteiger partial charge in [-0.3, -0.25) is 10.2 Å². The summed E-state index contributed by atoms with van der Waals surface area (Å²) in [4.78, 5) is 2.26. The van der Waals surface area contributed by atoms with Gasteiger partial charge in [-0.15, -0.1) is 0 Å². The highest BCUT2D eigenvalue weighted by Gasteiger charge is 2.33. The zero-order chi connectivity index (χ0) is 15.0. The maximum atomic E-state index is 9.72. The average Bonchev–Trinajstić information content (AvgIpc) is 2.49. The molecular formula is C16H25N3O. The monoisotopic (exact) mass is 275 g/mol. The maximum Gasteiger partial charge on any atom is 0.144 e. The number of hydrogen-bond donors (Lipinski definition) is 1.